The van der Waals surface area contributed by atoms with Gasteiger partial charge in [-0.2, -0.15) is 5.26 Å². The summed E-state index contributed by atoms with van der Waals surface area (Å²) in [6, 6.07) is 17.8. The van der Waals surface area contributed by atoms with E-state index in [-0.39, 0.29) is 5.91 Å². The largest absolute Gasteiger partial charge is 0.497 e. The third-order valence-electron chi connectivity index (χ3n) is 4.45. The number of unbranched alkanes of at least 4 members (excludes halogenated alkanes) is 1. The molecule has 0 saturated heterocycles. The average molecular weight is 350 g/mol. The van der Waals surface area contributed by atoms with E-state index in [9.17, 15) is 4.79 Å². The maximum Gasteiger partial charge on any atom is 0.224 e. The van der Waals surface area contributed by atoms with E-state index in [1.807, 2.05) is 50.2 Å². The van der Waals surface area contributed by atoms with Crippen LogP contribution in [-0.4, -0.2) is 13.0 Å². The quantitative estimate of drug-likeness (QED) is 0.692. The van der Waals surface area contributed by atoms with E-state index < -0.39 is 5.41 Å². The average Bonchev–Trinajstić information content (AvgIpc) is 2.66. The lowest BCUT2D eigenvalue weighted by atomic mass is 9.86. The van der Waals surface area contributed by atoms with Crippen molar-refractivity contribution in [2.24, 2.45) is 0 Å². The van der Waals surface area contributed by atoms with E-state index in [2.05, 4.69) is 23.5 Å². The molecule has 2 aromatic rings. The van der Waals surface area contributed by atoms with E-state index >= 15 is 0 Å². The molecule has 0 saturated carbocycles. The number of nitrogens with zero attached hydrogens (tertiary/aromatic N) is 1. The van der Waals surface area contributed by atoms with Gasteiger partial charge in [0.25, 0.3) is 0 Å². The molecule has 0 aliphatic rings. The highest BCUT2D eigenvalue weighted by Gasteiger charge is 2.19. The number of benzene rings is 2. The number of anilines is 1. The van der Waals surface area contributed by atoms with E-state index in [1.165, 1.54) is 5.56 Å². The van der Waals surface area contributed by atoms with Crippen molar-refractivity contribution in [1.82, 2.24) is 0 Å². The van der Waals surface area contributed by atoms with Crippen LogP contribution in [0.15, 0.2) is 48.5 Å². The molecular weight excluding hydrogens is 324 g/mol. The van der Waals surface area contributed by atoms with Gasteiger partial charge in [-0.1, -0.05) is 24.3 Å². The van der Waals surface area contributed by atoms with Crippen molar-refractivity contribution >= 4 is 11.6 Å². The molecule has 1 N–H and O–H groups in total. The lowest BCUT2D eigenvalue weighted by Gasteiger charge is -2.16. The highest BCUT2D eigenvalue weighted by atomic mass is 16.5. The second kappa shape index (κ2) is 9.05. The fourth-order valence-corrected chi connectivity index (χ4v) is 2.67. The van der Waals surface area contributed by atoms with Crippen molar-refractivity contribution in [3.05, 3.63) is 59.7 Å². The van der Waals surface area contributed by atoms with E-state index in [4.69, 9.17) is 10.00 Å². The molecule has 26 heavy (non-hydrogen) atoms. The number of nitriles is 1. The smallest absolute Gasteiger partial charge is 0.224 e. The highest BCUT2D eigenvalue weighted by molar-refractivity contribution is 5.90. The molecule has 0 bridgehead atoms. The summed E-state index contributed by atoms with van der Waals surface area (Å²) >= 11 is 0. The predicted molar refractivity (Wildman–Crippen MR) is 104 cm³/mol. The number of nitrogens with one attached hydrogen (secondary N) is 1. The second-order valence-electron chi connectivity index (χ2n) is 6.92. The Morgan fingerprint density at radius 1 is 1.08 bits per heavy atom. The summed E-state index contributed by atoms with van der Waals surface area (Å²) in [6.07, 6.45) is 3.27. The molecule has 0 aliphatic carbocycles. The summed E-state index contributed by atoms with van der Waals surface area (Å²) in [4.78, 5) is 12.1. The minimum Gasteiger partial charge on any atom is -0.497 e. The zero-order chi connectivity index (χ0) is 19.0. The Morgan fingerprint density at radius 3 is 2.31 bits per heavy atom. The molecule has 0 heterocycles. The number of carbonyl (C=O) groups is 1. The topological polar surface area (TPSA) is 62.1 Å². The van der Waals surface area contributed by atoms with Gasteiger partial charge in [0.2, 0.25) is 5.91 Å². The van der Waals surface area contributed by atoms with Crippen LogP contribution in [0, 0.1) is 11.3 Å². The number of rotatable bonds is 8. The van der Waals surface area contributed by atoms with Crippen molar-refractivity contribution < 1.29 is 9.53 Å². The molecule has 0 atom stereocenters. The van der Waals surface area contributed by atoms with E-state index in [0.29, 0.717) is 6.42 Å². The Kier molecular flexibility index (Phi) is 6.80. The van der Waals surface area contributed by atoms with Crippen molar-refractivity contribution in [3.8, 4) is 11.8 Å². The van der Waals surface area contributed by atoms with Gasteiger partial charge < -0.3 is 10.1 Å². The van der Waals surface area contributed by atoms with Crippen LogP contribution in [0.4, 0.5) is 5.69 Å². The zero-order valence-electron chi connectivity index (χ0n) is 15.7. The molecule has 136 valence electrons. The minimum absolute atomic E-state index is 0.0204. The molecule has 0 fully saturated rings. The maximum absolute atomic E-state index is 12.1. The Morgan fingerprint density at radius 2 is 1.73 bits per heavy atom. The van der Waals surface area contributed by atoms with E-state index in [1.54, 1.807) is 7.11 Å². The van der Waals surface area contributed by atoms with Crippen LogP contribution >= 0.6 is 0 Å². The first-order valence-electron chi connectivity index (χ1n) is 8.89. The lowest BCUT2D eigenvalue weighted by Crippen LogP contribution is -2.14. The van der Waals surface area contributed by atoms with Crippen LogP contribution in [0.25, 0.3) is 0 Å². The molecule has 2 aromatic carbocycles. The third-order valence-corrected chi connectivity index (χ3v) is 4.45. The molecular formula is C22H26N2O2. The summed E-state index contributed by atoms with van der Waals surface area (Å²) < 4.78 is 5.15. The monoisotopic (exact) mass is 350 g/mol. The van der Waals surface area contributed by atoms with Gasteiger partial charge in [-0.05, 0) is 68.5 Å². The van der Waals surface area contributed by atoms with Gasteiger partial charge in [0.1, 0.15) is 5.75 Å². The molecule has 2 rings (SSSR count). The fraction of sp³-hybridized carbons (Fsp3) is 0.364. The van der Waals surface area contributed by atoms with Crippen molar-refractivity contribution in [3.63, 3.8) is 0 Å². The van der Waals surface area contributed by atoms with Crippen molar-refractivity contribution in [2.45, 2.75) is 44.9 Å². The number of hydrogen-bond donors (Lipinski definition) is 1. The first-order chi connectivity index (χ1) is 12.4. The molecule has 0 aliphatic heterocycles. The van der Waals surface area contributed by atoms with Crippen LogP contribution in [-0.2, 0) is 16.6 Å². The second-order valence-corrected chi connectivity index (χ2v) is 6.92. The Labute approximate surface area is 155 Å². The molecule has 1 amide bonds. The summed E-state index contributed by atoms with van der Waals surface area (Å²) in [7, 11) is 1.66. The zero-order valence-corrected chi connectivity index (χ0v) is 15.7. The normalized spacial score (nSPS) is 10.8. The van der Waals surface area contributed by atoms with Gasteiger partial charge in [-0.3, -0.25) is 4.79 Å². The van der Waals surface area contributed by atoms with Gasteiger partial charge in [0.05, 0.1) is 18.6 Å². The highest BCUT2D eigenvalue weighted by Crippen LogP contribution is 2.23. The number of methoxy groups -OCH3 is 1. The molecule has 0 unspecified atom stereocenters. The number of aryl methyl sites for hydroxylation is 1. The Balaban J connectivity index is 1.74. The van der Waals surface area contributed by atoms with Crippen molar-refractivity contribution in [2.75, 3.05) is 12.4 Å². The van der Waals surface area contributed by atoms with Gasteiger partial charge in [-0.25, -0.2) is 0 Å². The lowest BCUT2D eigenvalue weighted by molar-refractivity contribution is -0.116. The first kappa shape index (κ1) is 19.5. The van der Waals surface area contributed by atoms with Gasteiger partial charge >= 0.3 is 0 Å². The van der Waals surface area contributed by atoms with Crippen LogP contribution in [0.1, 0.15) is 44.2 Å². The predicted octanol–water partition coefficient (Wildman–Crippen LogP) is 4.85. The molecule has 4 nitrogen and oxygen atoms in total. The van der Waals surface area contributed by atoms with Crippen LogP contribution in [0.2, 0.25) is 0 Å². The van der Waals surface area contributed by atoms with Crippen LogP contribution in [0.3, 0.4) is 0 Å². The fourth-order valence-electron chi connectivity index (χ4n) is 2.67. The molecule has 0 spiro atoms. The molecule has 0 radical (unpaired) electrons. The first-order valence-corrected chi connectivity index (χ1v) is 8.89. The summed E-state index contributed by atoms with van der Waals surface area (Å²) in [5.74, 6) is 0.879. The van der Waals surface area contributed by atoms with Gasteiger partial charge in [-0.15, -0.1) is 0 Å². The van der Waals surface area contributed by atoms with Crippen LogP contribution in [0.5, 0.6) is 5.75 Å². The van der Waals surface area contributed by atoms with Gasteiger partial charge in [0, 0.05) is 12.1 Å². The summed E-state index contributed by atoms with van der Waals surface area (Å²) in [5, 5.41) is 12.1. The van der Waals surface area contributed by atoms with Gasteiger partial charge in [0.15, 0.2) is 0 Å². The van der Waals surface area contributed by atoms with E-state index in [0.717, 1.165) is 36.3 Å². The Hall–Kier alpha value is -2.80. The van der Waals surface area contributed by atoms with Crippen LogP contribution < -0.4 is 10.1 Å². The number of ether oxygens (including phenoxy) is 1. The number of carbonyl (C=O) groups excluding carboxylic acids is 1. The molecule has 0 aromatic heterocycles. The number of amides is 1. The Bertz CT molecular complexity index is 756. The summed E-state index contributed by atoms with van der Waals surface area (Å²) in [6.45, 7) is 3.76. The maximum atomic E-state index is 12.1. The number of hydrogen-bond acceptors (Lipinski definition) is 3. The molecule has 4 heteroatoms. The standard InChI is InChI=1S/C22H26N2O2/c1-22(2,16-23)18-10-12-19(13-11-18)24-21(25)7-5-4-6-17-8-14-20(26-3)15-9-17/h8-15H,4-7H2,1-3H3,(H,24,25). The minimum atomic E-state index is -0.524. The van der Waals surface area contributed by atoms with Crippen molar-refractivity contribution in [1.29, 1.82) is 5.26 Å². The third kappa shape index (κ3) is 5.63. The summed E-state index contributed by atoms with van der Waals surface area (Å²) in [5.41, 5.74) is 2.44. The SMILES string of the molecule is COc1ccc(CCCCC(=O)Nc2ccc(C(C)(C)C#N)cc2)cc1.